The van der Waals surface area contributed by atoms with Gasteiger partial charge in [-0.25, -0.2) is 0 Å². The van der Waals surface area contributed by atoms with E-state index in [9.17, 15) is 5.11 Å². The van der Waals surface area contributed by atoms with Crippen LogP contribution in [0.4, 0.5) is 0 Å². The van der Waals surface area contributed by atoms with Gasteiger partial charge in [0.2, 0.25) is 0 Å². The van der Waals surface area contributed by atoms with E-state index in [0.717, 1.165) is 31.6 Å². The number of benzene rings is 1. The van der Waals surface area contributed by atoms with Crippen molar-refractivity contribution in [2.75, 3.05) is 40.5 Å². The normalized spacial score (nSPS) is 21.0. The summed E-state index contributed by atoms with van der Waals surface area (Å²) < 4.78 is 16.2. The molecule has 0 radical (unpaired) electrons. The van der Waals surface area contributed by atoms with Crippen LogP contribution in [-0.2, 0) is 4.74 Å². The first kappa shape index (κ1) is 16.1. The summed E-state index contributed by atoms with van der Waals surface area (Å²) in [5.74, 6) is 1.28. The fourth-order valence-corrected chi connectivity index (χ4v) is 2.69. The number of morpholine rings is 1. The second kappa shape index (κ2) is 7.64. The van der Waals surface area contributed by atoms with E-state index >= 15 is 0 Å². The molecule has 0 bridgehead atoms. The van der Waals surface area contributed by atoms with Crippen molar-refractivity contribution < 1.29 is 19.3 Å². The van der Waals surface area contributed by atoms with E-state index in [2.05, 4.69) is 11.8 Å². The van der Waals surface area contributed by atoms with Gasteiger partial charge in [-0.2, -0.15) is 0 Å². The monoisotopic (exact) mass is 295 g/mol. The van der Waals surface area contributed by atoms with Gasteiger partial charge >= 0.3 is 0 Å². The molecule has 1 heterocycles. The molecule has 21 heavy (non-hydrogen) atoms. The van der Waals surface area contributed by atoms with Crippen LogP contribution in [0.5, 0.6) is 11.5 Å². The van der Waals surface area contributed by atoms with Crippen LogP contribution in [0.15, 0.2) is 18.2 Å². The highest BCUT2D eigenvalue weighted by molar-refractivity contribution is 5.43. The third kappa shape index (κ3) is 3.87. The van der Waals surface area contributed by atoms with Gasteiger partial charge in [-0.05, 0) is 30.7 Å². The molecule has 2 unspecified atom stereocenters. The summed E-state index contributed by atoms with van der Waals surface area (Å²) >= 11 is 0. The summed E-state index contributed by atoms with van der Waals surface area (Å²) in [6.45, 7) is 5.55. The largest absolute Gasteiger partial charge is 0.493 e. The molecule has 5 nitrogen and oxygen atoms in total. The van der Waals surface area contributed by atoms with Gasteiger partial charge in [0.25, 0.3) is 0 Å². The van der Waals surface area contributed by atoms with Crippen molar-refractivity contribution in [3.05, 3.63) is 23.8 Å². The topological polar surface area (TPSA) is 51.2 Å². The molecule has 1 aliphatic rings. The molecule has 5 heteroatoms. The molecule has 1 aliphatic heterocycles. The number of nitrogens with zero attached hydrogens (tertiary/aromatic N) is 1. The Hall–Kier alpha value is -1.30. The first-order valence-corrected chi connectivity index (χ1v) is 7.43. The fourth-order valence-electron chi connectivity index (χ4n) is 2.69. The minimum atomic E-state index is -0.663. The van der Waals surface area contributed by atoms with Crippen molar-refractivity contribution in [1.29, 1.82) is 0 Å². The molecule has 1 saturated heterocycles. The van der Waals surface area contributed by atoms with E-state index in [-0.39, 0.29) is 6.10 Å². The molecule has 0 spiro atoms. The van der Waals surface area contributed by atoms with Gasteiger partial charge in [0.1, 0.15) is 12.2 Å². The maximum Gasteiger partial charge on any atom is 0.161 e. The van der Waals surface area contributed by atoms with E-state index in [4.69, 9.17) is 14.2 Å². The lowest BCUT2D eigenvalue weighted by atomic mass is 10.0. The van der Waals surface area contributed by atoms with Crippen LogP contribution in [0.3, 0.4) is 0 Å². The third-order valence-electron chi connectivity index (χ3n) is 3.82. The van der Waals surface area contributed by atoms with Crippen LogP contribution >= 0.6 is 0 Å². The first-order valence-electron chi connectivity index (χ1n) is 7.43. The predicted octanol–water partition coefficient (Wildman–Crippen LogP) is 1.85. The van der Waals surface area contributed by atoms with E-state index in [1.54, 1.807) is 14.2 Å². The molecule has 1 fully saturated rings. The highest BCUT2D eigenvalue weighted by Gasteiger charge is 2.28. The molecule has 2 rings (SSSR count). The molecule has 0 saturated carbocycles. The number of hydrogen-bond donors (Lipinski definition) is 1. The van der Waals surface area contributed by atoms with E-state index in [1.807, 2.05) is 18.2 Å². The zero-order chi connectivity index (χ0) is 15.2. The van der Waals surface area contributed by atoms with Crippen molar-refractivity contribution in [2.24, 2.45) is 0 Å². The SMILES string of the molecule is CCCN1CCOC(C(O)c2ccc(OC)c(OC)c2)C1. The van der Waals surface area contributed by atoms with Crippen molar-refractivity contribution >= 4 is 0 Å². The number of hydrogen-bond acceptors (Lipinski definition) is 5. The lowest BCUT2D eigenvalue weighted by Crippen LogP contribution is -2.45. The van der Waals surface area contributed by atoms with Crippen LogP contribution in [0.25, 0.3) is 0 Å². The van der Waals surface area contributed by atoms with Crippen molar-refractivity contribution in [2.45, 2.75) is 25.6 Å². The summed E-state index contributed by atoms with van der Waals surface area (Å²) in [4.78, 5) is 2.33. The number of aliphatic hydroxyl groups excluding tert-OH is 1. The predicted molar refractivity (Wildman–Crippen MR) is 81.0 cm³/mol. The third-order valence-corrected chi connectivity index (χ3v) is 3.82. The lowest BCUT2D eigenvalue weighted by Gasteiger charge is -2.35. The molecule has 118 valence electrons. The molecule has 1 aromatic rings. The average Bonchev–Trinajstić information content (AvgIpc) is 2.54. The molecular formula is C16H25NO4. The Morgan fingerprint density at radius 1 is 1.33 bits per heavy atom. The van der Waals surface area contributed by atoms with Crippen molar-refractivity contribution in [3.63, 3.8) is 0 Å². The molecule has 0 aromatic heterocycles. The molecule has 0 amide bonds. The van der Waals surface area contributed by atoms with Crippen LogP contribution in [0.1, 0.15) is 25.0 Å². The lowest BCUT2D eigenvalue weighted by molar-refractivity contribution is -0.0898. The van der Waals surface area contributed by atoms with Gasteiger partial charge in [0, 0.05) is 13.1 Å². The maximum atomic E-state index is 10.6. The Labute approximate surface area is 126 Å². The van der Waals surface area contributed by atoms with Crippen LogP contribution in [0, 0.1) is 0 Å². The quantitative estimate of drug-likeness (QED) is 0.868. The standard InChI is InChI=1S/C16H25NO4/c1-4-7-17-8-9-21-15(11-17)16(18)12-5-6-13(19-2)14(10-12)20-3/h5-6,10,15-16,18H,4,7-9,11H2,1-3H3. The summed E-state index contributed by atoms with van der Waals surface area (Å²) in [6.07, 6.45) is 0.243. The van der Waals surface area contributed by atoms with Crippen molar-refractivity contribution in [3.8, 4) is 11.5 Å². The smallest absolute Gasteiger partial charge is 0.161 e. The number of ether oxygens (including phenoxy) is 3. The average molecular weight is 295 g/mol. The number of aliphatic hydroxyl groups is 1. The molecule has 1 N–H and O–H groups in total. The Bertz CT molecular complexity index is 450. The highest BCUT2D eigenvalue weighted by Crippen LogP contribution is 2.32. The van der Waals surface area contributed by atoms with Gasteiger partial charge in [0.15, 0.2) is 11.5 Å². The Balaban J connectivity index is 2.10. The Morgan fingerprint density at radius 2 is 2.10 bits per heavy atom. The zero-order valence-corrected chi connectivity index (χ0v) is 13.0. The maximum absolute atomic E-state index is 10.6. The Morgan fingerprint density at radius 3 is 2.76 bits per heavy atom. The van der Waals surface area contributed by atoms with Gasteiger partial charge in [-0.1, -0.05) is 13.0 Å². The van der Waals surface area contributed by atoms with Gasteiger partial charge < -0.3 is 19.3 Å². The van der Waals surface area contributed by atoms with Crippen LogP contribution in [-0.4, -0.2) is 56.6 Å². The zero-order valence-electron chi connectivity index (χ0n) is 13.0. The molecule has 1 aromatic carbocycles. The summed E-state index contributed by atoms with van der Waals surface area (Å²) in [7, 11) is 3.19. The van der Waals surface area contributed by atoms with E-state index < -0.39 is 6.10 Å². The van der Waals surface area contributed by atoms with Crippen LogP contribution in [0.2, 0.25) is 0 Å². The molecular weight excluding hydrogens is 270 g/mol. The number of methoxy groups -OCH3 is 2. The first-order chi connectivity index (χ1) is 10.2. The second-order valence-corrected chi connectivity index (χ2v) is 5.27. The summed E-state index contributed by atoms with van der Waals surface area (Å²) in [5, 5.41) is 10.6. The van der Waals surface area contributed by atoms with Crippen molar-refractivity contribution in [1.82, 2.24) is 4.90 Å². The van der Waals surface area contributed by atoms with Crippen LogP contribution < -0.4 is 9.47 Å². The van der Waals surface area contributed by atoms with E-state index in [1.165, 1.54) is 0 Å². The summed E-state index contributed by atoms with van der Waals surface area (Å²) in [5.41, 5.74) is 0.788. The summed E-state index contributed by atoms with van der Waals surface area (Å²) in [6, 6.07) is 5.48. The minimum absolute atomic E-state index is 0.205. The van der Waals surface area contributed by atoms with Gasteiger partial charge in [-0.15, -0.1) is 0 Å². The van der Waals surface area contributed by atoms with Gasteiger partial charge in [-0.3, -0.25) is 4.90 Å². The Kier molecular flexibility index (Phi) is 5.85. The minimum Gasteiger partial charge on any atom is -0.493 e. The molecule has 2 atom stereocenters. The second-order valence-electron chi connectivity index (χ2n) is 5.27. The molecule has 0 aliphatic carbocycles. The highest BCUT2D eigenvalue weighted by atomic mass is 16.5. The number of rotatable bonds is 6. The van der Waals surface area contributed by atoms with Gasteiger partial charge in [0.05, 0.1) is 20.8 Å². The van der Waals surface area contributed by atoms with E-state index in [0.29, 0.717) is 18.1 Å². The fraction of sp³-hybridized carbons (Fsp3) is 0.625.